The highest BCUT2D eigenvalue weighted by molar-refractivity contribution is 7.52. The minimum absolute atomic E-state index is 0.160. The van der Waals surface area contributed by atoms with Crippen LogP contribution in [0.1, 0.15) is 68.2 Å². The Balaban J connectivity index is 0.000000267. The smallest absolute Gasteiger partial charge is 0.459 e. The first-order valence-electron chi connectivity index (χ1n) is 22.7. The first-order valence-corrected chi connectivity index (χ1v) is 25.8. The second-order valence-electron chi connectivity index (χ2n) is 17.8. The lowest BCUT2D eigenvalue weighted by molar-refractivity contribution is -0.151. The summed E-state index contributed by atoms with van der Waals surface area (Å²) in [6, 6.07) is 13.8. The number of ketones is 2. The van der Waals surface area contributed by atoms with E-state index in [1.165, 1.54) is 38.1 Å². The van der Waals surface area contributed by atoms with Crippen molar-refractivity contribution in [2.45, 2.75) is 141 Å². The number of para-hydroxylation sites is 2. The zero-order chi connectivity index (χ0) is 53.3. The molecule has 6 rings (SSSR count). The second-order valence-corrected chi connectivity index (χ2v) is 21.2. The van der Waals surface area contributed by atoms with Gasteiger partial charge in [0.05, 0.1) is 38.3 Å². The number of esters is 2. The second kappa shape index (κ2) is 24.2. The largest absolute Gasteiger partial charge is 0.462 e. The summed E-state index contributed by atoms with van der Waals surface area (Å²) in [5.41, 5.74) is -4.89. The van der Waals surface area contributed by atoms with Crippen LogP contribution in [0.4, 0.5) is 8.78 Å². The highest BCUT2D eigenvalue weighted by Crippen LogP contribution is 2.48. The monoisotopic (exact) mass is 1060 g/mol. The number of ether oxygens (including phenoxy) is 4. The lowest BCUT2D eigenvalue weighted by Crippen LogP contribution is -2.51. The van der Waals surface area contributed by atoms with Crippen molar-refractivity contribution in [3.8, 4) is 11.5 Å². The van der Waals surface area contributed by atoms with Gasteiger partial charge in [-0.1, -0.05) is 36.4 Å². The fraction of sp³-hybridized carbons (Fsp3) is 0.522. The van der Waals surface area contributed by atoms with Crippen molar-refractivity contribution >= 4 is 50.8 Å². The number of aliphatic hydroxyl groups is 2. The third-order valence-corrected chi connectivity index (χ3v) is 14.2. The third kappa shape index (κ3) is 14.9. The van der Waals surface area contributed by atoms with Crippen molar-refractivity contribution in [3.63, 3.8) is 0 Å². The van der Waals surface area contributed by atoms with Crippen LogP contribution < -0.4 is 19.2 Å². The Morgan fingerprint density at radius 2 is 0.986 bits per heavy atom. The van der Waals surface area contributed by atoms with Crippen molar-refractivity contribution in [1.82, 2.24) is 20.0 Å². The summed E-state index contributed by atoms with van der Waals surface area (Å²) in [7, 11) is -8.58. The van der Waals surface area contributed by atoms with Crippen molar-refractivity contribution < 1.29 is 93.9 Å². The number of aliphatic hydroxyl groups excluding tert-OH is 2. The van der Waals surface area contributed by atoms with Crippen molar-refractivity contribution in [3.05, 3.63) is 85.2 Å². The molecule has 2 aromatic carbocycles. The van der Waals surface area contributed by atoms with E-state index < -0.39 is 149 Å². The fourth-order valence-electron chi connectivity index (χ4n) is 7.22. The fourth-order valence-corrected chi connectivity index (χ4v) is 10.2. The number of rotatable bonds is 20. The van der Waals surface area contributed by atoms with Crippen LogP contribution >= 0.6 is 15.5 Å². The normalized spacial score (nSPS) is 28.8. The Hall–Kier alpha value is -5.26. The van der Waals surface area contributed by atoms with Crippen molar-refractivity contribution in [1.29, 1.82) is 0 Å². The molecule has 12 atom stereocenters. The van der Waals surface area contributed by atoms with E-state index in [1.54, 1.807) is 64.1 Å². The van der Waals surface area contributed by atoms with E-state index in [1.807, 2.05) is 0 Å². The number of hydrogen-bond donors (Lipinski definition) is 4. The molecule has 2 aromatic rings. The number of nitrogens with zero attached hydrogens (tertiary/aromatic N) is 2. The molecule has 0 radical (unpaired) electrons. The van der Waals surface area contributed by atoms with Gasteiger partial charge >= 0.3 is 27.4 Å². The van der Waals surface area contributed by atoms with E-state index in [-0.39, 0.29) is 11.5 Å². The number of carbonyl (C=O) groups excluding carboxylic acids is 6. The summed E-state index contributed by atoms with van der Waals surface area (Å²) in [6.07, 6.45) is -6.74. The maximum atomic E-state index is 15.5. The number of hydrogen-bond acceptors (Lipinski definition) is 18. The van der Waals surface area contributed by atoms with Gasteiger partial charge in [-0.15, -0.1) is 0 Å². The van der Waals surface area contributed by atoms with Gasteiger partial charge in [-0.05, 0) is 91.8 Å². The van der Waals surface area contributed by atoms with Gasteiger partial charge < -0.3 is 38.2 Å². The quantitative estimate of drug-likeness (QED) is 0.0807. The van der Waals surface area contributed by atoms with E-state index in [0.29, 0.717) is 0 Å². The topological polar surface area (TPSA) is 281 Å². The van der Waals surface area contributed by atoms with Crippen LogP contribution in [0, 0.1) is 0 Å². The molecule has 2 amide bonds. The number of nitrogens with one attached hydrogen (secondary N) is 2. The van der Waals surface area contributed by atoms with Gasteiger partial charge in [-0.2, -0.15) is 10.2 Å². The van der Waals surface area contributed by atoms with Gasteiger partial charge in [0.1, 0.15) is 48.0 Å². The molecular weight excluding hydrogens is 996 g/mol. The minimum Gasteiger partial charge on any atom is -0.462 e. The van der Waals surface area contributed by atoms with Crippen LogP contribution in [0.25, 0.3) is 0 Å². The van der Waals surface area contributed by atoms with Gasteiger partial charge in [0.25, 0.3) is 0 Å². The summed E-state index contributed by atoms with van der Waals surface area (Å²) >= 11 is 0. The molecular formula is C46H60F2N4O18P2. The molecule has 4 aliphatic heterocycles. The number of amides is 2. The highest BCUT2D eigenvalue weighted by Gasteiger charge is 2.59. The zero-order valence-electron chi connectivity index (χ0n) is 40.7. The first-order chi connectivity index (χ1) is 33.6. The summed E-state index contributed by atoms with van der Waals surface area (Å²) < 4.78 is 101. The Labute approximate surface area is 414 Å². The number of allylic oxidation sites excluding steroid dienone is 2. The molecule has 2 saturated heterocycles. The molecule has 4 heterocycles. The summed E-state index contributed by atoms with van der Waals surface area (Å²) in [5.74, 6) is -3.35. The van der Waals surface area contributed by atoms with Crippen LogP contribution in [0.5, 0.6) is 11.5 Å². The Bertz CT molecular complexity index is 2260. The van der Waals surface area contributed by atoms with Crippen LogP contribution in [0.3, 0.4) is 0 Å². The van der Waals surface area contributed by atoms with Gasteiger partial charge in [0.15, 0.2) is 35.4 Å². The molecule has 0 aromatic heterocycles. The van der Waals surface area contributed by atoms with E-state index in [0.717, 1.165) is 48.2 Å². The third-order valence-electron chi connectivity index (χ3n) is 10.9. The lowest BCUT2D eigenvalue weighted by Gasteiger charge is -2.32. The van der Waals surface area contributed by atoms with Crippen LogP contribution in [-0.2, 0) is 65.9 Å². The van der Waals surface area contributed by atoms with Gasteiger partial charge in [-0.3, -0.25) is 47.6 Å². The van der Waals surface area contributed by atoms with Crippen LogP contribution in [-0.4, -0.2) is 141 Å². The average molecular weight is 1060 g/mol. The van der Waals surface area contributed by atoms with Gasteiger partial charge in [0.2, 0.25) is 11.8 Å². The standard InChI is InChI=1S/2C23H30FN2O9P/c2*1-14(2)33-21(30)15(3)25-36(31,35-17-8-6-5-7-9-17)32-13-18-20(29)23(4,24)22(34-18)26-11-10-16(27)12-19(26)28/h2*5-11,14-15,18,20,22,29H,12-13H2,1-4H3,(H,25,31)/t2*15-,18?,20+,22+,23+,36+/m00/s1. The molecule has 22 nitrogen and oxygen atoms in total. The van der Waals surface area contributed by atoms with Crippen molar-refractivity contribution in [2.75, 3.05) is 13.2 Å². The Morgan fingerprint density at radius 1 is 0.653 bits per heavy atom. The number of halogens is 2. The SMILES string of the molecule is CC(C)OC(=O)[C@H](C)N[P@@](=O)(OCC1O[C@@H](N2C=CC(=O)CC2=O)[C@](C)(F)[C@@H]1O)Oc1ccccc1.CC(C)OC(=O)[C@H](C)N[P@@](=O)(OCC1O[C@@H](N2C=CC(=O)CC2=O)[C@](C)(F)[C@@H]1O)Oc1ccccc1. The highest BCUT2D eigenvalue weighted by atomic mass is 31.2. The van der Waals surface area contributed by atoms with E-state index in [4.69, 9.17) is 37.0 Å². The minimum atomic E-state index is -4.29. The number of alkyl halides is 2. The van der Waals surface area contributed by atoms with E-state index in [9.17, 15) is 48.1 Å². The lowest BCUT2D eigenvalue weighted by atomic mass is 9.97. The molecule has 0 spiro atoms. The maximum absolute atomic E-state index is 15.5. The van der Waals surface area contributed by atoms with Gasteiger partial charge in [0, 0.05) is 12.4 Å². The van der Waals surface area contributed by atoms with Crippen LogP contribution in [0.2, 0.25) is 0 Å². The van der Waals surface area contributed by atoms with Gasteiger partial charge in [-0.25, -0.2) is 17.9 Å². The Morgan fingerprint density at radius 3 is 1.29 bits per heavy atom. The summed E-state index contributed by atoms with van der Waals surface area (Å²) in [6.45, 7) is 10.3. The molecule has 26 heteroatoms. The van der Waals surface area contributed by atoms with Crippen molar-refractivity contribution in [2.24, 2.45) is 0 Å². The predicted molar refractivity (Wildman–Crippen MR) is 248 cm³/mol. The molecule has 72 heavy (non-hydrogen) atoms. The molecule has 4 N–H and O–H groups in total. The molecule has 0 aliphatic carbocycles. The zero-order valence-corrected chi connectivity index (χ0v) is 42.4. The molecule has 396 valence electrons. The first kappa shape index (κ1) is 57.6. The molecule has 0 bridgehead atoms. The number of carbonyl (C=O) groups is 6. The maximum Gasteiger partial charge on any atom is 0.459 e. The van der Waals surface area contributed by atoms with Crippen LogP contribution in [0.15, 0.2) is 85.2 Å². The number of benzene rings is 2. The molecule has 4 aliphatic rings. The molecule has 2 unspecified atom stereocenters. The van der Waals surface area contributed by atoms with E-state index >= 15 is 8.78 Å². The summed E-state index contributed by atoms with van der Waals surface area (Å²) in [5, 5.41) is 26.1. The summed E-state index contributed by atoms with van der Waals surface area (Å²) in [4.78, 5) is 73.7. The molecule has 2 fully saturated rings. The van der Waals surface area contributed by atoms with E-state index in [2.05, 4.69) is 10.2 Å². The Kier molecular flexibility index (Phi) is 19.4. The molecule has 0 saturated carbocycles. The predicted octanol–water partition coefficient (Wildman–Crippen LogP) is 4.50. The average Bonchev–Trinajstić information content (AvgIpc) is 3.66.